The molecule has 140 valence electrons. The Morgan fingerprint density at radius 3 is 2.39 bits per heavy atom. The van der Waals surface area contributed by atoms with Crippen LogP contribution >= 0.6 is 23.4 Å². The van der Waals surface area contributed by atoms with E-state index in [1.54, 1.807) is 18.2 Å². The lowest BCUT2D eigenvalue weighted by atomic mass is 10.2. The Labute approximate surface area is 170 Å². The summed E-state index contributed by atoms with van der Waals surface area (Å²) in [4.78, 5) is 0. The van der Waals surface area contributed by atoms with Gasteiger partial charge in [0.15, 0.2) is 11.0 Å². The smallest absolute Gasteiger partial charge is 0.196 e. The van der Waals surface area contributed by atoms with Crippen LogP contribution in [0, 0.1) is 11.6 Å². The van der Waals surface area contributed by atoms with E-state index in [2.05, 4.69) is 10.2 Å². The Hall–Kier alpha value is -2.70. The van der Waals surface area contributed by atoms with E-state index in [0.29, 0.717) is 27.3 Å². The molecule has 3 aromatic carbocycles. The molecule has 0 fully saturated rings. The summed E-state index contributed by atoms with van der Waals surface area (Å²) in [6.45, 7) is 0. The summed E-state index contributed by atoms with van der Waals surface area (Å²) in [7, 11) is 0. The van der Waals surface area contributed by atoms with Crippen LogP contribution in [0.25, 0.3) is 17.1 Å². The van der Waals surface area contributed by atoms with Crippen molar-refractivity contribution in [1.29, 1.82) is 0 Å². The minimum Gasteiger partial charge on any atom is -0.270 e. The van der Waals surface area contributed by atoms with Crippen LogP contribution in [0.5, 0.6) is 0 Å². The molecule has 0 aliphatic heterocycles. The third-order valence-corrected chi connectivity index (χ3v) is 5.43. The van der Waals surface area contributed by atoms with Crippen molar-refractivity contribution in [3.8, 4) is 17.1 Å². The highest BCUT2D eigenvalue weighted by atomic mass is 35.5. The molecule has 0 spiro atoms. The Morgan fingerprint density at radius 1 is 0.857 bits per heavy atom. The fourth-order valence-corrected chi connectivity index (χ4v) is 4.04. The maximum absolute atomic E-state index is 13.7. The summed E-state index contributed by atoms with van der Waals surface area (Å²) in [6.07, 6.45) is 0. The Morgan fingerprint density at radius 2 is 1.64 bits per heavy atom. The molecule has 3 nitrogen and oxygen atoms in total. The Balaban J connectivity index is 1.73. The third-order valence-electron chi connectivity index (χ3n) is 4.10. The predicted molar refractivity (Wildman–Crippen MR) is 108 cm³/mol. The highest BCUT2D eigenvalue weighted by Gasteiger charge is 2.17. The second kappa shape index (κ2) is 8.12. The molecular weight excluding hydrogens is 400 g/mol. The van der Waals surface area contributed by atoms with Crippen molar-refractivity contribution < 1.29 is 8.78 Å². The molecule has 0 bridgehead atoms. The Kier molecular flexibility index (Phi) is 5.41. The number of rotatable bonds is 5. The van der Waals surface area contributed by atoms with E-state index in [1.807, 2.05) is 34.9 Å². The number of para-hydroxylation sites is 1. The highest BCUT2D eigenvalue weighted by Crippen LogP contribution is 2.31. The van der Waals surface area contributed by atoms with Crippen molar-refractivity contribution >= 4 is 23.4 Å². The summed E-state index contributed by atoms with van der Waals surface area (Å²) in [5.41, 5.74) is 2.28. The van der Waals surface area contributed by atoms with Gasteiger partial charge in [0.05, 0.1) is 0 Å². The summed E-state index contributed by atoms with van der Waals surface area (Å²) in [5, 5.41) is 9.58. The van der Waals surface area contributed by atoms with Crippen molar-refractivity contribution in [1.82, 2.24) is 14.8 Å². The molecule has 0 N–H and O–H groups in total. The predicted octanol–water partition coefficient (Wildman–Crippen LogP) is 6.16. The summed E-state index contributed by atoms with van der Waals surface area (Å²) < 4.78 is 28.9. The fourth-order valence-electron chi connectivity index (χ4n) is 2.77. The molecule has 0 amide bonds. The van der Waals surface area contributed by atoms with Crippen LogP contribution < -0.4 is 0 Å². The van der Waals surface area contributed by atoms with Crippen LogP contribution in [0.15, 0.2) is 78.0 Å². The molecule has 0 saturated heterocycles. The van der Waals surface area contributed by atoms with Crippen LogP contribution in [0.3, 0.4) is 0 Å². The molecule has 0 atom stereocenters. The molecule has 0 aliphatic rings. The van der Waals surface area contributed by atoms with Gasteiger partial charge in [0.25, 0.3) is 0 Å². The zero-order valence-corrected chi connectivity index (χ0v) is 16.1. The van der Waals surface area contributed by atoms with Gasteiger partial charge in [-0.15, -0.1) is 10.2 Å². The van der Waals surface area contributed by atoms with E-state index in [4.69, 9.17) is 11.6 Å². The van der Waals surface area contributed by atoms with Gasteiger partial charge < -0.3 is 0 Å². The lowest BCUT2D eigenvalue weighted by Gasteiger charge is -2.11. The van der Waals surface area contributed by atoms with Crippen LogP contribution in [0.4, 0.5) is 8.78 Å². The second-order valence-corrected chi connectivity index (χ2v) is 7.36. The second-order valence-electron chi connectivity index (χ2n) is 6.01. The SMILES string of the molecule is Fc1cccc(-c2nnc(SCc3ccc(F)cc3Cl)n2-c2ccccc2)c1. The maximum atomic E-state index is 13.7. The first-order valence-electron chi connectivity index (χ1n) is 8.45. The van der Waals surface area contributed by atoms with Crippen LogP contribution in [-0.4, -0.2) is 14.8 Å². The minimum atomic E-state index is -0.375. The first kappa shape index (κ1) is 18.7. The molecule has 0 aliphatic carbocycles. The van der Waals surface area contributed by atoms with Gasteiger partial charge in [-0.1, -0.05) is 59.8 Å². The molecule has 4 aromatic rings. The number of hydrogen-bond donors (Lipinski definition) is 0. The molecule has 1 aromatic heterocycles. The number of thioether (sulfide) groups is 1. The third kappa shape index (κ3) is 3.93. The quantitative estimate of drug-likeness (QED) is 0.367. The average Bonchev–Trinajstić information content (AvgIpc) is 3.12. The maximum Gasteiger partial charge on any atom is 0.196 e. The molecule has 1 heterocycles. The Bertz CT molecular complexity index is 1120. The number of benzene rings is 3. The van der Waals surface area contributed by atoms with Crippen LogP contribution in [-0.2, 0) is 5.75 Å². The highest BCUT2D eigenvalue weighted by molar-refractivity contribution is 7.98. The fraction of sp³-hybridized carbons (Fsp3) is 0.0476. The number of nitrogens with zero attached hydrogens (tertiary/aromatic N) is 3. The molecule has 0 radical (unpaired) electrons. The van der Waals surface area contributed by atoms with Crippen LogP contribution in [0.2, 0.25) is 5.02 Å². The van der Waals surface area contributed by atoms with E-state index >= 15 is 0 Å². The number of halogens is 3. The van der Waals surface area contributed by atoms with Crippen molar-refractivity contribution in [2.24, 2.45) is 0 Å². The molecule has 28 heavy (non-hydrogen) atoms. The van der Waals surface area contributed by atoms with E-state index in [-0.39, 0.29) is 11.6 Å². The van der Waals surface area contributed by atoms with Gasteiger partial charge in [-0.2, -0.15) is 0 Å². The molecule has 0 saturated carbocycles. The number of aromatic nitrogens is 3. The number of hydrogen-bond acceptors (Lipinski definition) is 3. The summed E-state index contributed by atoms with van der Waals surface area (Å²) in [5.74, 6) is 0.318. The van der Waals surface area contributed by atoms with Crippen molar-refractivity contribution in [3.05, 3.63) is 95.0 Å². The standard InChI is InChI=1S/C21H14ClF2N3S/c22-19-12-17(24)10-9-15(19)13-28-21-26-25-20(14-5-4-6-16(23)11-14)27(21)18-7-2-1-3-8-18/h1-12H,13H2. The normalized spacial score (nSPS) is 11.0. The van der Waals surface area contributed by atoms with Crippen molar-refractivity contribution in [3.63, 3.8) is 0 Å². The summed E-state index contributed by atoms with van der Waals surface area (Å²) >= 11 is 7.56. The van der Waals surface area contributed by atoms with Gasteiger partial charge in [0, 0.05) is 22.0 Å². The van der Waals surface area contributed by atoms with E-state index in [9.17, 15) is 8.78 Å². The molecule has 7 heteroatoms. The van der Waals surface area contributed by atoms with E-state index in [1.165, 1.54) is 36.0 Å². The van der Waals surface area contributed by atoms with Gasteiger partial charge in [0.1, 0.15) is 11.6 Å². The van der Waals surface area contributed by atoms with Gasteiger partial charge in [-0.3, -0.25) is 4.57 Å². The summed E-state index contributed by atoms with van der Waals surface area (Å²) in [6, 6.07) is 20.2. The molecule has 4 rings (SSSR count). The lowest BCUT2D eigenvalue weighted by molar-refractivity contribution is 0.627. The monoisotopic (exact) mass is 413 g/mol. The lowest BCUT2D eigenvalue weighted by Crippen LogP contribution is -2.00. The largest absolute Gasteiger partial charge is 0.270 e. The van der Waals surface area contributed by atoms with Gasteiger partial charge in [-0.25, -0.2) is 8.78 Å². The zero-order chi connectivity index (χ0) is 19.5. The van der Waals surface area contributed by atoms with E-state index in [0.717, 1.165) is 11.3 Å². The molecule has 0 unspecified atom stereocenters. The van der Waals surface area contributed by atoms with Crippen molar-refractivity contribution in [2.45, 2.75) is 10.9 Å². The molecular formula is C21H14ClF2N3S. The topological polar surface area (TPSA) is 30.7 Å². The van der Waals surface area contributed by atoms with Crippen molar-refractivity contribution in [2.75, 3.05) is 0 Å². The van der Waals surface area contributed by atoms with Gasteiger partial charge >= 0.3 is 0 Å². The van der Waals surface area contributed by atoms with Gasteiger partial charge in [0.2, 0.25) is 0 Å². The first-order valence-corrected chi connectivity index (χ1v) is 9.81. The van der Waals surface area contributed by atoms with E-state index < -0.39 is 0 Å². The first-order chi connectivity index (χ1) is 13.6. The van der Waals surface area contributed by atoms with Gasteiger partial charge in [-0.05, 0) is 42.0 Å². The average molecular weight is 414 g/mol. The minimum absolute atomic E-state index is 0.340. The zero-order valence-electron chi connectivity index (χ0n) is 14.5. The van der Waals surface area contributed by atoms with Crippen LogP contribution in [0.1, 0.15) is 5.56 Å².